The molecule has 1 heterocycles. The lowest BCUT2D eigenvalue weighted by Gasteiger charge is -2.50. The van der Waals surface area contributed by atoms with Crippen LogP contribution in [0.3, 0.4) is 0 Å². The largest absolute Gasteiger partial charge is 0.311 e. The highest BCUT2D eigenvalue weighted by molar-refractivity contribution is 4.98. The second kappa shape index (κ2) is 6.61. The van der Waals surface area contributed by atoms with E-state index in [1.165, 1.54) is 45.2 Å². The summed E-state index contributed by atoms with van der Waals surface area (Å²) in [6.07, 6.45) is 6.65. The SMILES string of the molecule is CCCCN1CCNC(C)C1(C)CCCC. The Bertz CT molecular complexity index is 193. The Morgan fingerprint density at radius 3 is 2.56 bits per heavy atom. The van der Waals surface area contributed by atoms with E-state index in [9.17, 15) is 0 Å². The van der Waals surface area contributed by atoms with Gasteiger partial charge in [-0.05, 0) is 33.2 Å². The lowest BCUT2D eigenvalue weighted by atomic mass is 9.83. The molecule has 0 aromatic carbocycles. The molecule has 2 heteroatoms. The molecular formula is C14H30N2. The molecule has 0 saturated carbocycles. The van der Waals surface area contributed by atoms with Crippen LogP contribution in [0.5, 0.6) is 0 Å². The normalized spacial score (nSPS) is 31.9. The second-order valence-electron chi connectivity index (χ2n) is 5.48. The smallest absolute Gasteiger partial charge is 0.0332 e. The summed E-state index contributed by atoms with van der Waals surface area (Å²) in [5.74, 6) is 0. The average Bonchev–Trinajstić information content (AvgIpc) is 2.29. The molecule has 96 valence electrons. The summed E-state index contributed by atoms with van der Waals surface area (Å²) in [5.41, 5.74) is 0.378. The van der Waals surface area contributed by atoms with Gasteiger partial charge in [-0.25, -0.2) is 0 Å². The minimum absolute atomic E-state index is 0.378. The van der Waals surface area contributed by atoms with E-state index in [2.05, 4.69) is 37.9 Å². The highest BCUT2D eigenvalue weighted by Crippen LogP contribution is 2.28. The fourth-order valence-electron chi connectivity index (χ4n) is 2.79. The van der Waals surface area contributed by atoms with Crippen molar-refractivity contribution in [1.82, 2.24) is 10.2 Å². The first kappa shape index (κ1) is 14.0. The zero-order chi connectivity index (χ0) is 12.0. The molecule has 1 aliphatic heterocycles. The van der Waals surface area contributed by atoms with Gasteiger partial charge >= 0.3 is 0 Å². The zero-order valence-electron chi connectivity index (χ0n) is 11.7. The van der Waals surface area contributed by atoms with Crippen molar-refractivity contribution in [3.63, 3.8) is 0 Å². The van der Waals surface area contributed by atoms with E-state index < -0.39 is 0 Å². The molecule has 0 radical (unpaired) electrons. The number of hydrogen-bond donors (Lipinski definition) is 1. The van der Waals surface area contributed by atoms with Crippen molar-refractivity contribution in [2.75, 3.05) is 19.6 Å². The van der Waals surface area contributed by atoms with Crippen molar-refractivity contribution in [3.8, 4) is 0 Å². The van der Waals surface area contributed by atoms with E-state index in [4.69, 9.17) is 0 Å². The van der Waals surface area contributed by atoms with E-state index >= 15 is 0 Å². The Hall–Kier alpha value is -0.0800. The molecular weight excluding hydrogens is 196 g/mol. The first-order valence-electron chi connectivity index (χ1n) is 7.13. The van der Waals surface area contributed by atoms with E-state index in [-0.39, 0.29) is 0 Å². The summed E-state index contributed by atoms with van der Waals surface area (Å²) in [6.45, 7) is 13.1. The predicted octanol–water partition coefficient (Wildman–Crippen LogP) is 3.03. The number of hydrogen-bond acceptors (Lipinski definition) is 2. The fourth-order valence-corrected chi connectivity index (χ4v) is 2.79. The molecule has 2 nitrogen and oxygen atoms in total. The fraction of sp³-hybridized carbons (Fsp3) is 1.00. The molecule has 0 aromatic rings. The van der Waals surface area contributed by atoms with Crippen LogP contribution in [0.25, 0.3) is 0 Å². The van der Waals surface area contributed by atoms with Crippen molar-refractivity contribution in [3.05, 3.63) is 0 Å². The lowest BCUT2D eigenvalue weighted by molar-refractivity contribution is 0.0301. The van der Waals surface area contributed by atoms with Crippen molar-refractivity contribution in [2.24, 2.45) is 0 Å². The topological polar surface area (TPSA) is 15.3 Å². The number of rotatable bonds is 6. The van der Waals surface area contributed by atoms with Gasteiger partial charge in [-0.3, -0.25) is 4.90 Å². The van der Waals surface area contributed by atoms with Gasteiger partial charge in [-0.15, -0.1) is 0 Å². The highest BCUT2D eigenvalue weighted by atomic mass is 15.3. The third-order valence-electron chi connectivity index (χ3n) is 4.31. The number of unbranched alkanes of at least 4 members (excludes halogenated alkanes) is 2. The summed E-state index contributed by atoms with van der Waals surface area (Å²) >= 11 is 0. The van der Waals surface area contributed by atoms with Crippen molar-refractivity contribution < 1.29 is 0 Å². The first-order valence-corrected chi connectivity index (χ1v) is 7.13. The summed E-state index contributed by atoms with van der Waals surface area (Å²) in [4.78, 5) is 2.73. The quantitative estimate of drug-likeness (QED) is 0.749. The Labute approximate surface area is 102 Å². The molecule has 1 N–H and O–H groups in total. The minimum atomic E-state index is 0.378. The van der Waals surface area contributed by atoms with Crippen LogP contribution < -0.4 is 5.32 Å². The monoisotopic (exact) mass is 226 g/mol. The van der Waals surface area contributed by atoms with Gasteiger partial charge in [0.05, 0.1) is 0 Å². The maximum atomic E-state index is 3.65. The van der Waals surface area contributed by atoms with E-state index in [1.54, 1.807) is 0 Å². The zero-order valence-corrected chi connectivity index (χ0v) is 11.7. The van der Waals surface area contributed by atoms with E-state index in [0.29, 0.717) is 11.6 Å². The van der Waals surface area contributed by atoms with Gasteiger partial charge in [0.1, 0.15) is 0 Å². The molecule has 2 unspecified atom stereocenters. The number of nitrogens with one attached hydrogen (secondary N) is 1. The van der Waals surface area contributed by atoms with Crippen LogP contribution >= 0.6 is 0 Å². The molecule has 2 atom stereocenters. The average molecular weight is 226 g/mol. The van der Waals surface area contributed by atoms with Crippen LogP contribution in [0.4, 0.5) is 0 Å². The van der Waals surface area contributed by atoms with Crippen molar-refractivity contribution in [1.29, 1.82) is 0 Å². The van der Waals surface area contributed by atoms with Crippen LogP contribution in [0.1, 0.15) is 59.8 Å². The Morgan fingerprint density at radius 2 is 1.94 bits per heavy atom. The standard InChI is InChI=1S/C14H30N2/c1-5-7-9-14(4)13(3)15-10-12-16(14)11-8-6-2/h13,15H,5-12H2,1-4H3. The van der Waals surface area contributed by atoms with Crippen LogP contribution in [0.15, 0.2) is 0 Å². The molecule has 1 rings (SSSR count). The lowest BCUT2D eigenvalue weighted by Crippen LogP contribution is -2.64. The molecule has 1 fully saturated rings. The molecule has 0 bridgehead atoms. The second-order valence-corrected chi connectivity index (χ2v) is 5.48. The van der Waals surface area contributed by atoms with Gasteiger partial charge in [-0.1, -0.05) is 33.1 Å². The molecule has 0 aliphatic carbocycles. The van der Waals surface area contributed by atoms with E-state index in [0.717, 1.165) is 6.54 Å². The van der Waals surface area contributed by atoms with Gasteiger partial charge in [0.15, 0.2) is 0 Å². The third kappa shape index (κ3) is 3.21. The molecule has 0 aromatic heterocycles. The maximum absolute atomic E-state index is 3.65. The summed E-state index contributed by atoms with van der Waals surface area (Å²) < 4.78 is 0. The molecule has 0 amide bonds. The van der Waals surface area contributed by atoms with Crippen LogP contribution in [0, 0.1) is 0 Å². The van der Waals surface area contributed by atoms with Crippen LogP contribution in [-0.2, 0) is 0 Å². The van der Waals surface area contributed by atoms with Gasteiger partial charge in [-0.2, -0.15) is 0 Å². The van der Waals surface area contributed by atoms with Crippen LogP contribution in [-0.4, -0.2) is 36.1 Å². The highest BCUT2D eigenvalue weighted by Gasteiger charge is 2.38. The summed E-state index contributed by atoms with van der Waals surface area (Å²) in [7, 11) is 0. The first-order chi connectivity index (χ1) is 7.65. The molecule has 1 saturated heterocycles. The number of nitrogens with zero attached hydrogens (tertiary/aromatic N) is 1. The van der Waals surface area contributed by atoms with E-state index in [1.807, 2.05) is 0 Å². The molecule has 16 heavy (non-hydrogen) atoms. The van der Waals surface area contributed by atoms with Crippen molar-refractivity contribution >= 4 is 0 Å². The molecule has 1 aliphatic rings. The Balaban J connectivity index is 2.61. The van der Waals surface area contributed by atoms with Crippen molar-refractivity contribution in [2.45, 2.75) is 71.4 Å². The van der Waals surface area contributed by atoms with Crippen LogP contribution in [0.2, 0.25) is 0 Å². The van der Waals surface area contributed by atoms with Gasteiger partial charge < -0.3 is 5.32 Å². The third-order valence-corrected chi connectivity index (χ3v) is 4.31. The predicted molar refractivity (Wildman–Crippen MR) is 71.9 cm³/mol. The minimum Gasteiger partial charge on any atom is -0.311 e. The van der Waals surface area contributed by atoms with Gasteiger partial charge in [0.2, 0.25) is 0 Å². The molecule has 0 spiro atoms. The number of piperazine rings is 1. The van der Waals surface area contributed by atoms with Gasteiger partial charge in [0, 0.05) is 24.7 Å². The maximum Gasteiger partial charge on any atom is 0.0332 e. The van der Waals surface area contributed by atoms with Gasteiger partial charge in [0.25, 0.3) is 0 Å². The summed E-state index contributed by atoms with van der Waals surface area (Å²) in [5, 5.41) is 3.65. The summed E-state index contributed by atoms with van der Waals surface area (Å²) in [6, 6.07) is 0.629. The Kier molecular flexibility index (Phi) is 5.77. The Morgan fingerprint density at radius 1 is 1.25 bits per heavy atom.